The van der Waals surface area contributed by atoms with Gasteiger partial charge in [-0.1, -0.05) is 6.07 Å². The Morgan fingerprint density at radius 2 is 2.14 bits per heavy atom. The molecule has 0 radical (unpaired) electrons. The van der Waals surface area contributed by atoms with Crippen LogP contribution in [0.3, 0.4) is 0 Å². The molecular formula is C13H11Br2N5O. The summed E-state index contributed by atoms with van der Waals surface area (Å²) in [5, 5.41) is 14.5. The second-order valence-electron chi connectivity index (χ2n) is 4.44. The number of rotatable bonds is 4. The molecule has 0 atom stereocenters. The highest BCUT2D eigenvalue weighted by atomic mass is 79.9. The molecule has 0 fully saturated rings. The van der Waals surface area contributed by atoms with Crippen molar-refractivity contribution in [3.05, 3.63) is 51.1 Å². The molecule has 0 amide bonds. The van der Waals surface area contributed by atoms with Crippen LogP contribution in [0.2, 0.25) is 0 Å². The highest BCUT2D eigenvalue weighted by Gasteiger charge is 2.07. The maximum absolute atomic E-state index is 5.55. The van der Waals surface area contributed by atoms with Crippen LogP contribution in [0.5, 0.6) is 0 Å². The smallest absolute Gasteiger partial charge is 0.183 e. The highest BCUT2D eigenvalue weighted by Crippen LogP contribution is 2.27. The number of anilines is 1. The van der Waals surface area contributed by atoms with Crippen LogP contribution in [-0.4, -0.2) is 20.2 Å². The van der Waals surface area contributed by atoms with E-state index in [4.69, 9.17) is 4.42 Å². The van der Waals surface area contributed by atoms with Gasteiger partial charge in [0.05, 0.1) is 16.7 Å². The number of hydrogen-bond donors (Lipinski definition) is 1. The second-order valence-corrected chi connectivity index (χ2v) is 6.02. The average Bonchev–Trinajstić information content (AvgIpc) is 3.09. The molecule has 0 bridgehead atoms. The fraction of sp³-hybridized carbons (Fsp3) is 0.154. The second kappa shape index (κ2) is 5.98. The largest absolute Gasteiger partial charge is 0.451 e. The molecule has 108 valence electrons. The number of benzene rings is 1. The number of tetrazole rings is 1. The number of aryl methyl sites for hydroxylation is 1. The molecule has 21 heavy (non-hydrogen) atoms. The maximum atomic E-state index is 5.55. The standard InChI is InChI=1S/C13H11Br2N5O/c1-8-2-3-9(20-7-17-18-19-20)4-12(8)16-6-10-5-11(14)13(15)21-10/h2-5,7,16H,6H2,1H3. The molecule has 3 aromatic rings. The summed E-state index contributed by atoms with van der Waals surface area (Å²) in [4.78, 5) is 0. The van der Waals surface area contributed by atoms with Gasteiger partial charge in [0.15, 0.2) is 4.67 Å². The van der Waals surface area contributed by atoms with Gasteiger partial charge in [-0.05, 0) is 73.0 Å². The van der Waals surface area contributed by atoms with Gasteiger partial charge in [0.1, 0.15) is 12.1 Å². The first-order valence-corrected chi connectivity index (χ1v) is 7.73. The molecule has 0 saturated heterocycles. The topological polar surface area (TPSA) is 68.8 Å². The van der Waals surface area contributed by atoms with Crippen LogP contribution >= 0.6 is 31.9 Å². The Morgan fingerprint density at radius 1 is 1.29 bits per heavy atom. The average molecular weight is 413 g/mol. The van der Waals surface area contributed by atoms with Crippen molar-refractivity contribution in [2.75, 3.05) is 5.32 Å². The minimum Gasteiger partial charge on any atom is -0.451 e. The maximum Gasteiger partial charge on any atom is 0.183 e. The Kier molecular flexibility index (Phi) is 4.07. The van der Waals surface area contributed by atoms with Gasteiger partial charge in [-0.3, -0.25) is 0 Å². The normalized spacial score (nSPS) is 10.8. The van der Waals surface area contributed by atoms with E-state index in [2.05, 4.69) is 52.7 Å². The van der Waals surface area contributed by atoms with Crippen LogP contribution in [0.1, 0.15) is 11.3 Å². The molecule has 0 aliphatic rings. The zero-order valence-corrected chi connectivity index (χ0v) is 14.2. The first-order valence-electron chi connectivity index (χ1n) is 6.15. The molecule has 3 rings (SSSR count). The van der Waals surface area contributed by atoms with E-state index in [1.807, 2.05) is 31.2 Å². The van der Waals surface area contributed by atoms with Gasteiger partial charge in [0, 0.05) is 5.69 Å². The summed E-state index contributed by atoms with van der Waals surface area (Å²) < 4.78 is 8.76. The molecule has 1 aromatic carbocycles. The number of halogens is 2. The van der Waals surface area contributed by atoms with Gasteiger partial charge in [0.2, 0.25) is 0 Å². The Morgan fingerprint density at radius 3 is 2.81 bits per heavy atom. The van der Waals surface area contributed by atoms with Crippen molar-refractivity contribution in [3.63, 3.8) is 0 Å². The van der Waals surface area contributed by atoms with E-state index in [9.17, 15) is 0 Å². The summed E-state index contributed by atoms with van der Waals surface area (Å²) in [5.74, 6) is 0.834. The van der Waals surface area contributed by atoms with Crippen LogP contribution in [0.25, 0.3) is 5.69 Å². The highest BCUT2D eigenvalue weighted by molar-refractivity contribution is 9.13. The summed E-state index contributed by atoms with van der Waals surface area (Å²) in [6, 6.07) is 7.92. The van der Waals surface area contributed by atoms with Crippen molar-refractivity contribution in [3.8, 4) is 5.69 Å². The summed E-state index contributed by atoms with van der Waals surface area (Å²) >= 11 is 6.73. The van der Waals surface area contributed by atoms with E-state index in [1.54, 1.807) is 11.0 Å². The molecule has 8 heteroatoms. The van der Waals surface area contributed by atoms with Gasteiger partial charge >= 0.3 is 0 Å². The van der Waals surface area contributed by atoms with Crippen LogP contribution in [-0.2, 0) is 6.54 Å². The Balaban J connectivity index is 1.80. The molecule has 0 unspecified atom stereocenters. The lowest BCUT2D eigenvalue weighted by atomic mass is 10.2. The number of nitrogens with zero attached hydrogens (tertiary/aromatic N) is 4. The zero-order chi connectivity index (χ0) is 14.8. The van der Waals surface area contributed by atoms with E-state index in [1.165, 1.54) is 0 Å². The SMILES string of the molecule is Cc1ccc(-n2cnnn2)cc1NCc1cc(Br)c(Br)o1. The van der Waals surface area contributed by atoms with E-state index >= 15 is 0 Å². The van der Waals surface area contributed by atoms with Gasteiger partial charge < -0.3 is 9.73 Å². The molecule has 0 aliphatic carbocycles. The molecule has 2 aromatic heterocycles. The fourth-order valence-corrected chi connectivity index (χ4v) is 2.54. The van der Waals surface area contributed by atoms with E-state index in [0.717, 1.165) is 27.2 Å². The van der Waals surface area contributed by atoms with Crippen molar-refractivity contribution >= 4 is 37.5 Å². The molecule has 0 spiro atoms. The van der Waals surface area contributed by atoms with Crippen molar-refractivity contribution in [1.29, 1.82) is 0 Å². The Labute approximate surface area is 137 Å². The van der Waals surface area contributed by atoms with E-state index in [0.29, 0.717) is 11.2 Å². The minimum atomic E-state index is 0.587. The summed E-state index contributed by atoms with van der Waals surface area (Å²) in [6.45, 7) is 2.63. The van der Waals surface area contributed by atoms with Crippen LogP contribution in [0.4, 0.5) is 5.69 Å². The van der Waals surface area contributed by atoms with Crippen LogP contribution in [0, 0.1) is 6.92 Å². The lowest BCUT2D eigenvalue weighted by Crippen LogP contribution is -2.02. The lowest BCUT2D eigenvalue weighted by molar-refractivity contribution is 0.494. The summed E-state index contributed by atoms with van der Waals surface area (Å²) in [5.41, 5.74) is 3.04. The van der Waals surface area contributed by atoms with Gasteiger partial charge in [-0.2, -0.15) is 0 Å². The Bertz CT molecular complexity index is 735. The number of furan rings is 1. The monoisotopic (exact) mass is 411 g/mol. The molecule has 6 nitrogen and oxygen atoms in total. The molecule has 2 heterocycles. The third kappa shape index (κ3) is 3.16. The zero-order valence-electron chi connectivity index (χ0n) is 11.0. The predicted octanol–water partition coefficient (Wildman–Crippen LogP) is 3.70. The quantitative estimate of drug-likeness (QED) is 0.707. The summed E-state index contributed by atoms with van der Waals surface area (Å²) in [6.07, 6.45) is 1.56. The van der Waals surface area contributed by atoms with E-state index in [-0.39, 0.29) is 0 Å². The molecular weight excluding hydrogens is 402 g/mol. The molecule has 0 saturated carbocycles. The predicted molar refractivity (Wildman–Crippen MR) is 85.3 cm³/mol. The number of nitrogens with one attached hydrogen (secondary N) is 1. The van der Waals surface area contributed by atoms with Crippen molar-refractivity contribution < 1.29 is 4.42 Å². The van der Waals surface area contributed by atoms with Crippen LogP contribution in [0.15, 0.2) is 44.2 Å². The number of aromatic nitrogens is 4. The summed E-state index contributed by atoms with van der Waals surface area (Å²) in [7, 11) is 0. The first kappa shape index (κ1) is 14.3. The fourth-order valence-electron chi connectivity index (χ4n) is 1.88. The molecule has 0 aliphatic heterocycles. The van der Waals surface area contributed by atoms with Gasteiger partial charge in [-0.25, -0.2) is 4.68 Å². The van der Waals surface area contributed by atoms with Crippen LogP contribution < -0.4 is 5.32 Å². The third-order valence-corrected chi connectivity index (χ3v) is 4.69. The first-order chi connectivity index (χ1) is 10.1. The lowest BCUT2D eigenvalue weighted by Gasteiger charge is -2.10. The number of hydrogen-bond acceptors (Lipinski definition) is 5. The van der Waals surface area contributed by atoms with Gasteiger partial charge in [0.25, 0.3) is 0 Å². The van der Waals surface area contributed by atoms with Crippen molar-refractivity contribution in [2.24, 2.45) is 0 Å². The van der Waals surface area contributed by atoms with Crippen molar-refractivity contribution in [2.45, 2.75) is 13.5 Å². The van der Waals surface area contributed by atoms with Gasteiger partial charge in [-0.15, -0.1) is 5.10 Å². The minimum absolute atomic E-state index is 0.587. The Hall–Kier alpha value is -1.67. The third-order valence-electron chi connectivity index (χ3n) is 2.98. The van der Waals surface area contributed by atoms with E-state index < -0.39 is 0 Å². The molecule has 1 N–H and O–H groups in total. The van der Waals surface area contributed by atoms with Crippen molar-refractivity contribution in [1.82, 2.24) is 20.2 Å².